The molecular formula is C14H14ClFN2O2S. The van der Waals surface area contributed by atoms with E-state index in [1.807, 2.05) is 22.9 Å². The summed E-state index contributed by atoms with van der Waals surface area (Å²) in [7, 11) is -3.89. The van der Waals surface area contributed by atoms with Gasteiger partial charge in [-0.15, -0.1) is 0 Å². The fourth-order valence-electron chi connectivity index (χ4n) is 2.70. The number of rotatable bonds is 2. The molecule has 3 rings (SSSR count). The number of hydrogen-bond donors (Lipinski definition) is 0. The van der Waals surface area contributed by atoms with Crippen LogP contribution in [-0.4, -0.2) is 23.8 Å². The van der Waals surface area contributed by atoms with Gasteiger partial charge in [0.2, 0.25) is 10.0 Å². The monoisotopic (exact) mass is 328 g/mol. The van der Waals surface area contributed by atoms with E-state index in [-0.39, 0.29) is 16.0 Å². The SMILES string of the molecule is C[C@H]1c2cccn2CCN1S(=O)(=O)c1ccc(Cl)cc1F. The van der Waals surface area contributed by atoms with E-state index in [2.05, 4.69) is 0 Å². The number of aromatic nitrogens is 1. The number of fused-ring (bicyclic) bond motifs is 1. The van der Waals surface area contributed by atoms with Gasteiger partial charge in [-0.2, -0.15) is 4.31 Å². The Morgan fingerprint density at radius 1 is 1.29 bits per heavy atom. The first-order valence-electron chi connectivity index (χ1n) is 6.53. The van der Waals surface area contributed by atoms with Crippen LogP contribution in [0.2, 0.25) is 5.02 Å². The van der Waals surface area contributed by atoms with Gasteiger partial charge in [-0.1, -0.05) is 11.6 Å². The third-order valence-electron chi connectivity index (χ3n) is 3.77. The maximum atomic E-state index is 14.0. The summed E-state index contributed by atoms with van der Waals surface area (Å²) in [6, 6.07) is 7.04. The van der Waals surface area contributed by atoms with Crippen LogP contribution in [0.5, 0.6) is 0 Å². The lowest BCUT2D eigenvalue weighted by atomic mass is 10.2. The van der Waals surface area contributed by atoms with Crippen molar-refractivity contribution in [1.82, 2.24) is 8.87 Å². The van der Waals surface area contributed by atoms with Crippen molar-refractivity contribution in [3.8, 4) is 0 Å². The average molecular weight is 329 g/mol. The van der Waals surface area contributed by atoms with E-state index in [1.54, 1.807) is 6.92 Å². The van der Waals surface area contributed by atoms with Gasteiger partial charge in [0, 0.05) is 30.0 Å². The lowest BCUT2D eigenvalue weighted by Crippen LogP contribution is -2.40. The lowest BCUT2D eigenvalue weighted by Gasteiger charge is -2.33. The molecule has 112 valence electrons. The summed E-state index contributed by atoms with van der Waals surface area (Å²) >= 11 is 5.68. The molecule has 0 saturated carbocycles. The molecule has 21 heavy (non-hydrogen) atoms. The molecule has 0 radical (unpaired) electrons. The molecule has 7 heteroatoms. The molecule has 2 aromatic rings. The second kappa shape index (κ2) is 5.12. The van der Waals surface area contributed by atoms with Crippen molar-refractivity contribution in [2.75, 3.05) is 6.54 Å². The van der Waals surface area contributed by atoms with Crippen LogP contribution in [0.15, 0.2) is 41.4 Å². The van der Waals surface area contributed by atoms with Crippen LogP contribution in [0.4, 0.5) is 4.39 Å². The van der Waals surface area contributed by atoms with Gasteiger partial charge >= 0.3 is 0 Å². The molecule has 4 nitrogen and oxygen atoms in total. The standard InChI is InChI=1S/C14H14ClFN2O2S/c1-10-13-3-2-6-17(13)7-8-18(10)21(19,20)14-5-4-11(15)9-12(14)16/h2-6,9-10H,7-8H2,1H3/t10-/m0/s1. The molecule has 1 aliphatic heterocycles. The molecule has 0 saturated heterocycles. The van der Waals surface area contributed by atoms with Gasteiger partial charge < -0.3 is 4.57 Å². The summed E-state index contributed by atoms with van der Waals surface area (Å²) in [4.78, 5) is -0.334. The average Bonchev–Trinajstić information content (AvgIpc) is 2.87. The summed E-state index contributed by atoms with van der Waals surface area (Å²) in [5.41, 5.74) is 0.902. The van der Waals surface area contributed by atoms with Gasteiger partial charge in [0.15, 0.2) is 0 Å². The Balaban J connectivity index is 2.03. The van der Waals surface area contributed by atoms with E-state index >= 15 is 0 Å². The highest BCUT2D eigenvalue weighted by molar-refractivity contribution is 7.89. The van der Waals surface area contributed by atoms with Crippen molar-refractivity contribution in [3.63, 3.8) is 0 Å². The number of sulfonamides is 1. The van der Waals surface area contributed by atoms with Crippen molar-refractivity contribution in [2.24, 2.45) is 0 Å². The third-order valence-corrected chi connectivity index (χ3v) is 6.00. The molecule has 0 amide bonds. The van der Waals surface area contributed by atoms with Crippen LogP contribution in [0.25, 0.3) is 0 Å². The lowest BCUT2D eigenvalue weighted by molar-refractivity contribution is 0.281. The Bertz CT molecular complexity index is 788. The molecule has 1 aromatic carbocycles. The third kappa shape index (κ3) is 2.37. The minimum absolute atomic E-state index is 0.173. The Morgan fingerprint density at radius 3 is 2.76 bits per heavy atom. The Hall–Kier alpha value is -1.37. The predicted molar refractivity (Wildman–Crippen MR) is 78.1 cm³/mol. The van der Waals surface area contributed by atoms with Gasteiger partial charge in [0.05, 0.1) is 6.04 Å². The second-order valence-corrected chi connectivity index (χ2v) is 7.29. The Kier molecular flexibility index (Phi) is 3.55. The minimum Gasteiger partial charge on any atom is -0.349 e. The number of hydrogen-bond acceptors (Lipinski definition) is 2. The summed E-state index contributed by atoms with van der Waals surface area (Å²) in [6.45, 7) is 2.67. The fraction of sp³-hybridized carbons (Fsp3) is 0.286. The van der Waals surface area contributed by atoms with Crippen LogP contribution < -0.4 is 0 Å². The van der Waals surface area contributed by atoms with Gasteiger partial charge in [0.1, 0.15) is 10.7 Å². The van der Waals surface area contributed by atoms with Crippen LogP contribution in [-0.2, 0) is 16.6 Å². The Morgan fingerprint density at radius 2 is 2.05 bits per heavy atom. The molecule has 1 aromatic heterocycles. The first kappa shape index (κ1) is 14.6. The molecule has 0 unspecified atom stereocenters. The van der Waals surface area contributed by atoms with Crippen molar-refractivity contribution in [1.29, 1.82) is 0 Å². The zero-order valence-electron chi connectivity index (χ0n) is 11.3. The van der Waals surface area contributed by atoms with Gasteiger partial charge in [-0.05, 0) is 37.3 Å². The molecule has 1 atom stereocenters. The first-order valence-corrected chi connectivity index (χ1v) is 8.35. The zero-order valence-corrected chi connectivity index (χ0v) is 12.9. The number of nitrogens with zero attached hydrogens (tertiary/aromatic N) is 2. The highest BCUT2D eigenvalue weighted by Gasteiger charge is 2.35. The van der Waals surface area contributed by atoms with Crippen LogP contribution in [0.3, 0.4) is 0 Å². The smallest absolute Gasteiger partial charge is 0.246 e. The maximum absolute atomic E-state index is 14.0. The predicted octanol–water partition coefficient (Wildman–Crippen LogP) is 3.05. The Labute approximate surface area is 127 Å². The number of benzene rings is 1. The summed E-state index contributed by atoms with van der Waals surface area (Å²) < 4.78 is 42.7. The topological polar surface area (TPSA) is 42.3 Å². The van der Waals surface area contributed by atoms with Crippen molar-refractivity contribution in [3.05, 3.63) is 53.1 Å². The maximum Gasteiger partial charge on any atom is 0.246 e. The van der Waals surface area contributed by atoms with Gasteiger partial charge in [-0.3, -0.25) is 0 Å². The van der Waals surface area contributed by atoms with Crippen LogP contribution in [0, 0.1) is 5.82 Å². The van der Waals surface area contributed by atoms with Crippen molar-refractivity contribution in [2.45, 2.75) is 24.4 Å². The highest BCUT2D eigenvalue weighted by atomic mass is 35.5. The molecule has 0 spiro atoms. The molecule has 0 aliphatic carbocycles. The summed E-state index contributed by atoms with van der Waals surface area (Å²) in [5.74, 6) is -0.823. The van der Waals surface area contributed by atoms with E-state index in [4.69, 9.17) is 11.6 Å². The first-order chi connectivity index (χ1) is 9.91. The van der Waals surface area contributed by atoms with Gasteiger partial charge in [0.25, 0.3) is 0 Å². The van der Waals surface area contributed by atoms with Gasteiger partial charge in [-0.25, -0.2) is 12.8 Å². The molecule has 2 heterocycles. The van der Waals surface area contributed by atoms with E-state index in [9.17, 15) is 12.8 Å². The molecule has 1 aliphatic rings. The minimum atomic E-state index is -3.89. The highest BCUT2D eigenvalue weighted by Crippen LogP contribution is 2.32. The molecule has 0 bridgehead atoms. The fourth-order valence-corrected chi connectivity index (χ4v) is 4.50. The van der Waals surface area contributed by atoms with E-state index < -0.39 is 15.8 Å². The molecular weight excluding hydrogens is 315 g/mol. The zero-order chi connectivity index (χ0) is 15.2. The van der Waals surface area contributed by atoms with Crippen molar-refractivity contribution < 1.29 is 12.8 Å². The molecule has 0 fully saturated rings. The normalized spacial score (nSPS) is 19.5. The molecule has 0 N–H and O–H groups in total. The quantitative estimate of drug-likeness (QED) is 0.850. The largest absolute Gasteiger partial charge is 0.349 e. The van der Waals surface area contributed by atoms with E-state index in [0.29, 0.717) is 13.1 Å². The van der Waals surface area contributed by atoms with E-state index in [1.165, 1.54) is 16.4 Å². The number of halogens is 2. The van der Waals surface area contributed by atoms with Crippen LogP contribution in [0.1, 0.15) is 18.7 Å². The van der Waals surface area contributed by atoms with Crippen molar-refractivity contribution >= 4 is 21.6 Å². The second-order valence-electron chi connectivity index (χ2n) is 4.99. The summed E-state index contributed by atoms with van der Waals surface area (Å²) in [6.07, 6.45) is 1.92. The summed E-state index contributed by atoms with van der Waals surface area (Å²) in [5, 5.41) is 0.173. The van der Waals surface area contributed by atoms with Crippen LogP contribution >= 0.6 is 11.6 Å². The van der Waals surface area contributed by atoms with E-state index in [0.717, 1.165) is 11.8 Å².